The standard InChI is InChI=1S/C22H24FN3OS/c1-17-6-11-21(26-13-4-12-24-26)18(15-17)16-25(2)22(27)5-3-14-28-20-9-7-19(23)8-10-20/h4,6-13,15H,3,5,14,16H2,1-2H3. The first-order valence-corrected chi connectivity index (χ1v) is 10.2. The Kier molecular flexibility index (Phi) is 6.87. The van der Waals surface area contributed by atoms with Crippen LogP contribution in [0.2, 0.25) is 0 Å². The van der Waals surface area contributed by atoms with E-state index in [0.29, 0.717) is 13.0 Å². The van der Waals surface area contributed by atoms with Crippen LogP contribution in [0.1, 0.15) is 24.0 Å². The van der Waals surface area contributed by atoms with E-state index in [1.165, 1.54) is 12.1 Å². The van der Waals surface area contributed by atoms with Crippen molar-refractivity contribution in [2.45, 2.75) is 31.2 Å². The highest BCUT2D eigenvalue weighted by molar-refractivity contribution is 7.99. The van der Waals surface area contributed by atoms with Crippen LogP contribution in [-0.4, -0.2) is 33.4 Å². The van der Waals surface area contributed by atoms with E-state index in [1.807, 2.05) is 37.0 Å². The van der Waals surface area contributed by atoms with Crippen molar-refractivity contribution in [3.05, 3.63) is 77.9 Å². The number of nitrogens with zero attached hydrogens (tertiary/aromatic N) is 3. The van der Waals surface area contributed by atoms with Crippen LogP contribution in [0.4, 0.5) is 4.39 Å². The van der Waals surface area contributed by atoms with E-state index in [0.717, 1.165) is 33.9 Å². The summed E-state index contributed by atoms with van der Waals surface area (Å²) in [4.78, 5) is 15.3. The molecule has 1 heterocycles. The summed E-state index contributed by atoms with van der Waals surface area (Å²) in [5, 5.41) is 4.31. The molecule has 0 saturated heterocycles. The van der Waals surface area contributed by atoms with E-state index in [4.69, 9.17) is 0 Å². The summed E-state index contributed by atoms with van der Waals surface area (Å²) < 4.78 is 14.8. The fourth-order valence-corrected chi connectivity index (χ4v) is 3.81. The molecule has 28 heavy (non-hydrogen) atoms. The van der Waals surface area contributed by atoms with Gasteiger partial charge in [-0.1, -0.05) is 17.7 Å². The Morgan fingerprint density at radius 3 is 2.71 bits per heavy atom. The second-order valence-electron chi connectivity index (χ2n) is 6.74. The van der Waals surface area contributed by atoms with Crippen LogP contribution in [0.25, 0.3) is 5.69 Å². The van der Waals surface area contributed by atoms with Gasteiger partial charge in [-0.15, -0.1) is 11.8 Å². The van der Waals surface area contributed by atoms with Gasteiger partial charge in [0.05, 0.1) is 5.69 Å². The molecule has 0 aliphatic carbocycles. The Bertz CT molecular complexity index is 910. The number of hydrogen-bond donors (Lipinski definition) is 0. The number of halogens is 1. The normalized spacial score (nSPS) is 10.8. The third-order valence-electron chi connectivity index (χ3n) is 4.44. The van der Waals surface area contributed by atoms with Gasteiger partial charge in [0.2, 0.25) is 5.91 Å². The van der Waals surface area contributed by atoms with Gasteiger partial charge >= 0.3 is 0 Å². The van der Waals surface area contributed by atoms with Crippen LogP contribution in [-0.2, 0) is 11.3 Å². The van der Waals surface area contributed by atoms with Crippen molar-refractivity contribution in [1.29, 1.82) is 0 Å². The molecule has 6 heteroatoms. The number of amides is 1. The van der Waals surface area contributed by atoms with E-state index in [2.05, 4.69) is 17.2 Å². The zero-order chi connectivity index (χ0) is 19.9. The van der Waals surface area contributed by atoms with Crippen LogP contribution >= 0.6 is 11.8 Å². The molecule has 0 saturated carbocycles. The first-order chi connectivity index (χ1) is 13.5. The Morgan fingerprint density at radius 1 is 1.21 bits per heavy atom. The second-order valence-corrected chi connectivity index (χ2v) is 7.91. The highest BCUT2D eigenvalue weighted by Crippen LogP contribution is 2.21. The number of carbonyl (C=O) groups is 1. The third kappa shape index (κ3) is 5.45. The zero-order valence-corrected chi connectivity index (χ0v) is 17.0. The number of benzene rings is 2. The molecule has 0 unspecified atom stereocenters. The number of carbonyl (C=O) groups excluding carboxylic acids is 1. The highest BCUT2D eigenvalue weighted by Gasteiger charge is 2.13. The van der Waals surface area contributed by atoms with Gasteiger partial charge in [-0.3, -0.25) is 4.79 Å². The lowest BCUT2D eigenvalue weighted by atomic mass is 10.1. The molecule has 3 rings (SSSR count). The topological polar surface area (TPSA) is 38.1 Å². The van der Waals surface area contributed by atoms with Gasteiger partial charge in [0.1, 0.15) is 5.82 Å². The monoisotopic (exact) mass is 397 g/mol. The molecule has 0 fully saturated rings. The van der Waals surface area contributed by atoms with Gasteiger partial charge < -0.3 is 4.90 Å². The maximum atomic E-state index is 12.9. The lowest BCUT2D eigenvalue weighted by molar-refractivity contribution is -0.130. The van der Waals surface area contributed by atoms with Crippen molar-refractivity contribution >= 4 is 17.7 Å². The Morgan fingerprint density at radius 2 is 2.00 bits per heavy atom. The van der Waals surface area contributed by atoms with Crippen molar-refractivity contribution in [2.24, 2.45) is 0 Å². The molecular weight excluding hydrogens is 373 g/mol. The SMILES string of the molecule is Cc1ccc(-n2cccn2)c(CN(C)C(=O)CCCSc2ccc(F)cc2)c1. The first-order valence-electron chi connectivity index (χ1n) is 9.25. The predicted molar refractivity (Wildman–Crippen MR) is 111 cm³/mol. The average molecular weight is 398 g/mol. The van der Waals surface area contributed by atoms with Gasteiger partial charge in [-0.2, -0.15) is 5.10 Å². The van der Waals surface area contributed by atoms with Crippen molar-refractivity contribution in [3.8, 4) is 5.69 Å². The van der Waals surface area contributed by atoms with E-state index >= 15 is 0 Å². The maximum absolute atomic E-state index is 12.9. The van der Waals surface area contributed by atoms with Crippen molar-refractivity contribution < 1.29 is 9.18 Å². The summed E-state index contributed by atoms with van der Waals surface area (Å²) in [6.07, 6.45) is 4.93. The number of aryl methyl sites for hydroxylation is 1. The molecule has 0 bridgehead atoms. The molecule has 0 N–H and O–H groups in total. The van der Waals surface area contributed by atoms with Gasteiger partial charge in [0.15, 0.2) is 0 Å². The number of aromatic nitrogens is 2. The van der Waals surface area contributed by atoms with Gasteiger partial charge in [-0.25, -0.2) is 9.07 Å². The quantitative estimate of drug-likeness (QED) is 0.403. The fourth-order valence-electron chi connectivity index (χ4n) is 2.95. The Labute approximate surface area is 169 Å². The molecule has 1 amide bonds. The molecule has 0 radical (unpaired) electrons. The molecule has 3 aromatic rings. The maximum Gasteiger partial charge on any atom is 0.222 e. The summed E-state index contributed by atoms with van der Waals surface area (Å²) in [6, 6.07) is 14.5. The highest BCUT2D eigenvalue weighted by atomic mass is 32.2. The fraction of sp³-hybridized carbons (Fsp3) is 0.273. The van der Waals surface area contributed by atoms with E-state index in [1.54, 1.807) is 35.0 Å². The minimum Gasteiger partial charge on any atom is -0.341 e. The van der Waals surface area contributed by atoms with Crippen LogP contribution in [0, 0.1) is 12.7 Å². The Balaban J connectivity index is 1.53. The lowest BCUT2D eigenvalue weighted by Gasteiger charge is -2.20. The molecule has 0 atom stereocenters. The van der Waals surface area contributed by atoms with Crippen molar-refractivity contribution in [1.82, 2.24) is 14.7 Å². The largest absolute Gasteiger partial charge is 0.341 e. The van der Waals surface area contributed by atoms with Gasteiger partial charge in [0, 0.05) is 37.3 Å². The zero-order valence-electron chi connectivity index (χ0n) is 16.1. The van der Waals surface area contributed by atoms with Crippen LogP contribution in [0.5, 0.6) is 0 Å². The predicted octanol–water partition coefficient (Wildman–Crippen LogP) is 4.85. The second kappa shape index (κ2) is 9.55. The smallest absolute Gasteiger partial charge is 0.222 e. The summed E-state index contributed by atoms with van der Waals surface area (Å²) in [7, 11) is 1.84. The summed E-state index contributed by atoms with van der Waals surface area (Å²) in [5.74, 6) is 0.716. The Hall–Kier alpha value is -2.60. The third-order valence-corrected chi connectivity index (χ3v) is 5.54. The summed E-state index contributed by atoms with van der Waals surface area (Å²) in [5.41, 5.74) is 3.21. The lowest BCUT2D eigenvalue weighted by Crippen LogP contribution is -2.26. The summed E-state index contributed by atoms with van der Waals surface area (Å²) >= 11 is 1.64. The molecule has 4 nitrogen and oxygen atoms in total. The van der Waals surface area contributed by atoms with Crippen LogP contribution < -0.4 is 0 Å². The minimum absolute atomic E-state index is 0.118. The summed E-state index contributed by atoms with van der Waals surface area (Å²) in [6.45, 7) is 2.59. The molecule has 146 valence electrons. The number of rotatable bonds is 8. The van der Waals surface area contributed by atoms with E-state index in [-0.39, 0.29) is 11.7 Å². The minimum atomic E-state index is -0.230. The molecule has 0 aliphatic heterocycles. The molecule has 0 spiro atoms. The van der Waals surface area contributed by atoms with Gasteiger partial charge in [0.25, 0.3) is 0 Å². The van der Waals surface area contributed by atoms with Crippen molar-refractivity contribution in [3.63, 3.8) is 0 Å². The average Bonchev–Trinajstić information content (AvgIpc) is 3.21. The molecule has 1 aromatic heterocycles. The molecule has 2 aromatic carbocycles. The van der Waals surface area contributed by atoms with Crippen molar-refractivity contribution in [2.75, 3.05) is 12.8 Å². The van der Waals surface area contributed by atoms with E-state index in [9.17, 15) is 9.18 Å². The van der Waals surface area contributed by atoms with E-state index < -0.39 is 0 Å². The van der Waals surface area contributed by atoms with Crippen LogP contribution in [0.3, 0.4) is 0 Å². The molecular formula is C22H24FN3OS. The van der Waals surface area contributed by atoms with Gasteiger partial charge in [-0.05, 0) is 61.1 Å². The number of hydrogen-bond acceptors (Lipinski definition) is 3. The van der Waals surface area contributed by atoms with Crippen LogP contribution in [0.15, 0.2) is 65.8 Å². The number of thioether (sulfide) groups is 1. The first kappa shape index (κ1) is 20.1. The molecule has 0 aliphatic rings.